The molecular weight excluding hydrogens is 538 g/mol. The molecule has 0 saturated carbocycles. The maximum absolute atomic E-state index is 14.0. The summed E-state index contributed by atoms with van der Waals surface area (Å²) in [5.41, 5.74) is 4.49. The minimum atomic E-state index is -4.12. The number of sulfonamides is 1. The lowest BCUT2D eigenvalue weighted by Crippen LogP contribution is -2.44. The molecule has 0 unspecified atom stereocenters. The average molecular weight is 572 g/mol. The second kappa shape index (κ2) is 11.7. The van der Waals surface area contributed by atoms with Gasteiger partial charge in [-0.05, 0) is 67.1 Å². The van der Waals surface area contributed by atoms with Gasteiger partial charge in [-0.15, -0.1) is 0 Å². The molecule has 1 aliphatic heterocycles. The maximum atomic E-state index is 14.0. The highest BCUT2D eigenvalue weighted by Crippen LogP contribution is 2.30. The number of pyridine rings is 1. The van der Waals surface area contributed by atoms with Crippen LogP contribution in [-0.2, 0) is 16.6 Å². The van der Waals surface area contributed by atoms with Gasteiger partial charge in [0.1, 0.15) is 6.61 Å². The van der Waals surface area contributed by atoms with Crippen molar-refractivity contribution in [2.45, 2.75) is 51.6 Å². The van der Waals surface area contributed by atoms with Crippen LogP contribution in [0, 0.1) is 19.8 Å². The molecule has 0 aliphatic carbocycles. The number of ether oxygens (including phenoxy) is 1. The van der Waals surface area contributed by atoms with Crippen molar-refractivity contribution in [3.05, 3.63) is 95.3 Å². The van der Waals surface area contributed by atoms with E-state index in [0.717, 1.165) is 22.3 Å². The smallest absolute Gasteiger partial charge is 0.264 e. The minimum Gasteiger partial charge on any atom is -0.475 e. The fraction of sp³-hybridized carbons (Fsp3) is 0.290. The second-order valence-corrected chi connectivity index (χ2v) is 12.4. The van der Waals surface area contributed by atoms with Crippen LogP contribution in [0.4, 0.5) is 5.95 Å². The van der Waals surface area contributed by atoms with Gasteiger partial charge in [-0.1, -0.05) is 44.2 Å². The number of benzene rings is 2. The fourth-order valence-electron chi connectivity index (χ4n) is 5.10. The molecule has 0 saturated heterocycles. The number of aromatic nitrogens is 3. The van der Waals surface area contributed by atoms with E-state index < -0.39 is 10.0 Å². The van der Waals surface area contributed by atoms with E-state index in [1.165, 1.54) is 12.1 Å². The van der Waals surface area contributed by atoms with Gasteiger partial charge in [0.2, 0.25) is 11.8 Å². The Labute approximate surface area is 240 Å². The van der Waals surface area contributed by atoms with Gasteiger partial charge in [0, 0.05) is 36.1 Å². The van der Waals surface area contributed by atoms with Crippen molar-refractivity contribution in [2.75, 3.05) is 11.3 Å². The summed E-state index contributed by atoms with van der Waals surface area (Å²) < 4.78 is 35.7. The number of nitrogens with zero attached hydrogens (tertiary/aromatic N) is 4. The quantitative estimate of drug-likeness (QED) is 0.341. The molecule has 0 radical (unpaired) electrons. The van der Waals surface area contributed by atoms with Crippen molar-refractivity contribution in [1.82, 2.24) is 19.9 Å². The first kappa shape index (κ1) is 28.2. The molecule has 1 amide bonds. The Bertz CT molecular complexity index is 1660. The zero-order valence-electron chi connectivity index (χ0n) is 23.5. The minimum absolute atomic E-state index is 0.0622. The molecule has 0 fully saturated rings. The van der Waals surface area contributed by atoms with E-state index in [1.807, 2.05) is 44.2 Å². The predicted octanol–water partition coefficient (Wildman–Crippen LogP) is 5.41. The van der Waals surface area contributed by atoms with Gasteiger partial charge in [-0.25, -0.2) is 18.1 Å². The Morgan fingerprint density at radius 3 is 2.49 bits per heavy atom. The standard InChI is InChI=1S/C31H33N5O4S/c1-20(2)14-25-19-40-28-16-27(29-21(3)8-5-9-22(29)4)33-31(34-28)35-41(38,39)26-12-6-11-24(15-26)30(37)36(25)18-23-10-7-13-32-17-23/h5-13,15-17,20,25H,14,18-19H2,1-4H3,(H,33,34,35)/t25-/m1/s1. The highest BCUT2D eigenvalue weighted by molar-refractivity contribution is 7.92. The summed E-state index contributed by atoms with van der Waals surface area (Å²) >= 11 is 0. The molecule has 3 heterocycles. The zero-order chi connectivity index (χ0) is 29.1. The van der Waals surface area contributed by atoms with Crippen LogP contribution in [0.25, 0.3) is 11.3 Å². The molecule has 41 heavy (non-hydrogen) atoms. The third-order valence-electron chi connectivity index (χ3n) is 7.00. The Morgan fingerprint density at radius 1 is 1.02 bits per heavy atom. The Balaban J connectivity index is 1.67. The van der Waals surface area contributed by atoms with Crippen molar-refractivity contribution < 1.29 is 17.9 Å². The van der Waals surface area contributed by atoms with E-state index in [9.17, 15) is 13.2 Å². The molecule has 4 aromatic rings. The van der Waals surface area contributed by atoms with Crippen molar-refractivity contribution in [2.24, 2.45) is 5.92 Å². The number of carbonyl (C=O) groups is 1. The fourth-order valence-corrected chi connectivity index (χ4v) is 6.09. The first-order chi connectivity index (χ1) is 19.6. The number of carbonyl (C=O) groups excluding carboxylic acids is 1. The molecular formula is C31H33N5O4S. The monoisotopic (exact) mass is 571 g/mol. The summed E-state index contributed by atoms with van der Waals surface area (Å²) in [6.07, 6.45) is 4.06. The Kier molecular flexibility index (Phi) is 8.03. The largest absolute Gasteiger partial charge is 0.475 e. The van der Waals surface area contributed by atoms with E-state index in [2.05, 4.69) is 33.5 Å². The van der Waals surface area contributed by atoms with Gasteiger partial charge >= 0.3 is 0 Å². The zero-order valence-corrected chi connectivity index (χ0v) is 24.4. The van der Waals surface area contributed by atoms with Crippen LogP contribution in [0.1, 0.15) is 47.3 Å². The number of rotatable bonds is 5. The summed E-state index contributed by atoms with van der Waals surface area (Å²) in [5.74, 6) is 0.0593. The van der Waals surface area contributed by atoms with Gasteiger partial charge in [-0.3, -0.25) is 9.78 Å². The molecule has 1 atom stereocenters. The molecule has 212 valence electrons. The molecule has 2 aromatic carbocycles. The van der Waals surface area contributed by atoms with E-state index in [-0.39, 0.29) is 53.3 Å². The van der Waals surface area contributed by atoms with Crippen LogP contribution < -0.4 is 9.46 Å². The van der Waals surface area contributed by atoms with Gasteiger partial charge in [0.25, 0.3) is 15.9 Å². The molecule has 10 heteroatoms. The Morgan fingerprint density at radius 2 is 1.78 bits per heavy atom. The van der Waals surface area contributed by atoms with Crippen LogP contribution in [0.3, 0.4) is 0 Å². The van der Waals surface area contributed by atoms with Crippen LogP contribution in [0.5, 0.6) is 5.88 Å². The highest BCUT2D eigenvalue weighted by atomic mass is 32.2. The first-order valence-corrected chi connectivity index (χ1v) is 15.0. The number of anilines is 1. The molecule has 4 bridgehead atoms. The summed E-state index contributed by atoms with van der Waals surface area (Å²) in [6.45, 7) is 8.57. The average Bonchev–Trinajstić information content (AvgIpc) is 2.93. The summed E-state index contributed by atoms with van der Waals surface area (Å²) in [6, 6.07) is 17.1. The topological polar surface area (TPSA) is 114 Å². The van der Waals surface area contributed by atoms with Gasteiger partial charge in [0.05, 0.1) is 16.6 Å². The number of amides is 1. The van der Waals surface area contributed by atoms with Crippen LogP contribution in [0.15, 0.2) is 78.0 Å². The van der Waals surface area contributed by atoms with Crippen LogP contribution in [-0.4, -0.2) is 46.8 Å². The molecule has 9 nitrogen and oxygen atoms in total. The first-order valence-electron chi connectivity index (χ1n) is 13.5. The molecule has 1 aliphatic rings. The predicted molar refractivity (Wildman–Crippen MR) is 157 cm³/mol. The third-order valence-corrected chi connectivity index (χ3v) is 8.33. The van der Waals surface area contributed by atoms with Crippen molar-refractivity contribution >= 4 is 21.9 Å². The lowest BCUT2D eigenvalue weighted by atomic mass is 10.00. The maximum Gasteiger partial charge on any atom is 0.264 e. The molecule has 1 N–H and O–H groups in total. The summed E-state index contributed by atoms with van der Waals surface area (Å²) in [5, 5.41) is 0. The molecule has 2 aromatic heterocycles. The van der Waals surface area contributed by atoms with E-state index >= 15 is 0 Å². The lowest BCUT2D eigenvalue weighted by Gasteiger charge is -2.33. The number of hydrogen-bond donors (Lipinski definition) is 1. The summed E-state index contributed by atoms with van der Waals surface area (Å²) in [7, 11) is -4.12. The van der Waals surface area contributed by atoms with E-state index in [4.69, 9.17) is 4.74 Å². The van der Waals surface area contributed by atoms with Gasteiger partial charge in [-0.2, -0.15) is 4.98 Å². The number of fused-ring (bicyclic) bond motifs is 4. The summed E-state index contributed by atoms with van der Waals surface area (Å²) in [4.78, 5) is 28.9. The normalized spacial score (nSPS) is 16.7. The third kappa shape index (κ3) is 6.38. The van der Waals surface area contributed by atoms with Crippen molar-refractivity contribution in [1.29, 1.82) is 0 Å². The second-order valence-electron chi connectivity index (χ2n) is 10.7. The number of aryl methyl sites for hydroxylation is 2. The number of hydrogen-bond acceptors (Lipinski definition) is 7. The van der Waals surface area contributed by atoms with Crippen molar-refractivity contribution in [3.8, 4) is 17.1 Å². The lowest BCUT2D eigenvalue weighted by molar-refractivity contribution is 0.0553. The van der Waals surface area contributed by atoms with Crippen LogP contribution >= 0.6 is 0 Å². The van der Waals surface area contributed by atoms with Crippen molar-refractivity contribution in [3.63, 3.8) is 0 Å². The van der Waals surface area contributed by atoms with Crippen LogP contribution in [0.2, 0.25) is 0 Å². The molecule has 0 spiro atoms. The SMILES string of the molecule is Cc1cccc(C)c1-c1cc2nc(n1)NS(=O)(=O)c1cccc(c1)C(=O)N(Cc1cccnc1)[C@H](CC(C)C)CO2. The molecule has 5 rings (SSSR count). The van der Waals surface area contributed by atoms with Gasteiger partial charge in [0.15, 0.2) is 0 Å². The highest BCUT2D eigenvalue weighted by Gasteiger charge is 2.29. The van der Waals surface area contributed by atoms with E-state index in [1.54, 1.807) is 35.5 Å². The number of nitrogens with one attached hydrogen (secondary N) is 1. The van der Waals surface area contributed by atoms with E-state index in [0.29, 0.717) is 12.1 Å². The Hall–Kier alpha value is -4.31. The van der Waals surface area contributed by atoms with Gasteiger partial charge < -0.3 is 9.64 Å².